The highest BCUT2D eigenvalue weighted by atomic mass is 32.2. The first-order chi connectivity index (χ1) is 10.5. The van der Waals surface area contributed by atoms with Crippen LogP contribution in [0.15, 0.2) is 47.4 Å². The average Bonchev–Trinajstić information content (AvgIpc) is 2.72. The third-order valence-electron chi connectivity index (χ3n) is 3.98. The topological polar surface area (TPSA) is 49.4 Å². The Labute approximate surface area is 131 Å². The van der Waals surface area contributed by atoms with E-state index >= 15 is 0 Å². The van der Waals surface area contributed by atoms with Crippen LogP contribution in [0.5, 0.6) is 0 Å². The molecule has 0 atom stereocenters. The lowest BCUT2D eigenvalue weighted by atomic mass is 10.2. The molecule has 4 nitrogen and oxygen atoms in total. The van der Waals surface area contributed by atoms with Gasteiger partial charge in [0.1, 0.15) is 0 Å². The molecular formula is C17H20N2O2S. The molecule has 2 aromatic carbocycles. The van der Waals surface area contributed by atoms with Gasteiger partial charge in [-0.3, -0.25) is 4.31 Å². The summed E-state index contributed by atoms with van der Waals surface area (Å²) in [6.07, 6.45) is 0. The van der Waals surface area contributed by atoms with Gasteiger partial charge in [-0.15, -0.1) is 0 Å². The maximum atomic E-state index is 13.2. The smallest absolute Gasteiger partial charge is 0.264 e. The number of nitrogens with one attached hydrogen (secondary N) is 1. The van der Waals surface area contributed by atoms with Crippen LogP contribution in [0.25, 0.3) is 0 Å². The summed E-state index contributed by atoms with van der Waals surface area (Å²) >= 11 is 0. The number of benzene rings is 2. The number of rotatable bonds is 2. The summed E-state index contributed by atoms with van der Waals surface area (Å²) < 4.78 is 27.9. The van der Waals surface area contributed by atoms with Crippen molar-refractivity contribution in [2.24, 2.45) is 0 Å². The van der Waals surface area contributed by atoms with E-state index < -0.39 is 10.0 Å². The summed E-state index contributed by atoms with van der Waals surface area (Å²) in [7, 11) is -3.56. The van der Waals surface area contributed by atoms with Crippen LogP contribution in [0.4, 0.5) is 5.69 Å². The quantitative estimate of drug-likeness (QED) is 0.926. The first kappa shape index (κ1) is 15.1. The number of fused-ring (bicyclic) bond motifs is 1. The van der Waals surface area contributed by atoms with Gasteiger partial charge in [-0.1, -0.05) is 30.3 Å². The molecule has 0 fully saturated rings. The van der Waals surface area contributed by atoms with Crippen molar-refractivity contribution < 1.29 is 8.42 Å². The van der Waals surface area contributed by atoms with Gasteiger partial charge in [-0.25, -0.2) is 8.42 Å². The fraction of sp³-hybridized carbons (Fsp3) is 0.294. The Morgan fingerprint density at radius 3 is 2.68 bits per heavy atom. The first-order valence-corrected chi connectivity index (χ1v) is 8.83. The minimum Gasteiger partial charge on any atom is -0.311 e. The zero-order valence-corrected chi connectivity index (χ0v) is 13.7. The van der Waals surface area contributed by atoms with Gasteiger partial charge in [-0.05, 0) is 42.7 Å². The number of hydrogen-bond acceptors (Lipinski definition) is 3. The van der Waals surface area contributed by atoms with Crippen molar-refractivity contribution in [3.63, 3.8) is 0 Å². The van der Waals surface area contributed by atoms with Crippen LogP contribution in [-0.4, -0.2) is 21.5 Å². The molecule has 1 aliphatic heterocycles. The zero-order chi connectivity index (χ0) is 15.7. The van der Waals surface area contributed by atoms with E-state index in [4.69, 9.17) is 0 Å². The third kappa shape index (κ3) is 2.62. The van der Waals surface area contributed by atoms with Crippen LogP contribution < -0.4 is 9.62 Å². The van der Waals surface area contributed by atoms with Gasteiger partial charge in [0.2, 0.25) is 0 Å². The fourth-order valence-electron chi connectivity index (χ4n) is 2.78. The highest BCUT2D eigenvalue weighted by molar-refractivity contribution is 7.92. The standard InChI is InChI=1S/C17H20N2O2S/c1-13-7-8-14(2)17(11-13)22(20,21)19-10-9-18-12-15-5-3-4-6-16(15)19/h3-8,11,18H,9-10,12H2,1-2H3. The van der Waals surface area contributed by atoms with Gasteiger partial charge < -0.3 is 5.32 Å². The second kappa shape index (κ2) is 5.74. The van der Waals surface area contributed by atoms with Crippen molar-refractivity contribution in [1.29, 1.82) is 0 Å². The molecular weight excluding hydrogens is 296 g/mol. The molecule has 0 spiro atoms. The molecule has 1 aliphatic rings. The highest BCUT2D eigenvalue weighted by Gasteiger charge is 2.29. The maximum Gasteiger partial charge on any atom is 0.264 e. The average molecular weight is 316 g/mol. The second-order valence-corrected chi connectivity index (χ2v) is 7.48. The Bertz CT molecular complexity index is 800. The van der Waals surface area contributed by atoms with Gasteiger partial charge in [0.25, 0.3) is 10.0 Å². The number of sulfonamides is 1. The second-order valence-electron chi connectivity index (χ2n) is 5.65. The molecule has 5 heteroatoms. The summed E-state index contributed by atoms with van der Waals surface area (Å²) in [5.74, 6) is 0. The Morgan fingerprint density at radius 2 is 1.86 bits per heavy atom. The van der Waals surface area contributed by atoms with E-state index in [2.05, 4.69) is 5.32 Å². The van der Waals surface area contributed by atoms with E-state index in [0.29, 0.717) is 24.5 Å². The van der Waals surface area contributed by atoms with Crippen molar-refractivity contribution in [3.05, 3.63) is 59.2 Å². The first-order valence-electron chi connectivity index (χ1n) is 7.39. The van der Waals surface area contributed by atoms with E-state index in [1.54, 1.807) is 6.07 Å². The lowest BCUT2D eigenvalue weighted by Gasteiger charge is -2.25. The molecule has 0 amide bonds. The predicted octanol–water partition coefficient (Wildman–Crippen LogP) is 2.60. The van der Waals surface area contributed by atoms with Gasteiger partial charge in [0.05, 0.1) is 10.6 Å². The summed E-state index contributed by atoms with van der Waals surface area (Å²) in [5.41, 5.74) is 3.51. The normalized spacial score (nSPS) is 15.3. The van der Waals surface area contributed by atoms with Crippen molar-refractivity contribution in [3.8, 4) is 0 Å². The molecule has 0 radical (unpaired) electrons. The molecule has 0 saturated heterocycles. The Hall–Kier alpha value is -1.85. The minimum absolute atomic E-state index is 0.393. The summed E-state index contributed by atoms with van der Waals surface area (Å²) in [6.45, 7) is 5.52. The number of anilines is 1. The number of nitrogens with zero attached hydrogens (tertiary/aromatic N) is 1. The Balaban J connectivity index is 2.15. The monoisotopic (exact) mass is 316 g/mol. The van der Waals surface area contributed by atoms with Gasteiger partial charge in [0, 0.05) is 19.6 Å². The lowest BCUT2D eigenvalue weighted by Crippen LogP contribution is -2.35. The third-order valence-corrected chi connectivity index (χ3v) is 5.93. The number of hydrogen-bond donors (Lipinski definition) is 1. The number of aryl methyl sites for hydroxylation is 2. The number of para-hydroxylation sites is 1. The summed E-state index contributed by atoms with van der Waals surface area (Å²) in [4.78, 5) is 0.393. The fourth-order valence-corrected chi connectivity index (χ4v) is 4.60. The van der Waals surface area contributed by atoms with Gasteiger partial charge in [-0.2, -0.15) is 0 Å². The molecule has 0 aromatic heterocycles. The zero-order valence-electron chi connectivity index (χ0n) is 12.8. The van der Waals surface area contributed by atoms with Crippen LogP contribution in [0, 0.1) is 13.8 Å². The summed E-state index contributed by atoms with van der Waals surface area (Å²) in [6, 6.07) is 13.2. The van der Waals surface area contributed by atoms with Crippen molar-refractivity contribution in [2.45, 2.75) is 25.3 Å². The predicted molar refractivity (Wildman–Crippen MR) is 88.6 cm³/mol. The molecule has 3 rings (SSSR count). The maximum absolute atomic E-state index is 13.2. The van der Waals surface area contributed by atoms with Crippen LogP contribution in [0.2, 0.25) is 0 Å². The van der Waals surface area contributed by atoms with Gasteiger partial charge >= 0.3 is 0 Å². The van der Waals surface area contributed by atoms with E-state index in [1.807, 2.05) is 50.2 Å². The molecule has 0 unspecified atom stereocenters. The van der Waals surface area contributed by atoms with E-state index in [0.717, 1.165) is 22.4 Å². The van der Waals surface area contributed by atoms with Crippen molar-refractivity contribution in [1.82, 2.24) is 5.32 Å². The molecule has 1 N–H and O–H groups in total. The van der Waals surface area contributed by atoms with Crippen molar-refractivity contribution >= 4 is 15.7 Å². The van der Waals surface area contributed by atoms with E-state index in [9.17, 15) is 8.42 Å². The molecule has 0 saturated carbocycles. The Morgan fingerprint density at radius 1 is 1.09 bits per heavy atom. The van der Waals surface area contributed by atoms with Crippen LogP contribution in [-0.2, 0) is 16.6 Å². The molecule has 22 heavy (non-hydrogen) atoms. The van der Waals surface area contributed by atoms with E-state index in [1.165, 1.54) is 4.31 Å². The molecule has 2 aromatic rings. The van der Waals surface area contributed by atoms with Crippen LogP contribution >= 0.6 is 0 Å². The van der Waals surface area contributed by atoms with Crippen LogP contribution in [0.3, 0.4) is 0 Å². The molecule has 1 heterocycles. The molecule has 0 bridgehead atoms. The van der Waals surface area contributed by atoms with Gasteiger partial charge in [0.15, 0.2) is 0 Å². The largest absolute Gasteiger partial charge is 0.311 e. The van der Waals surface area contributed by atoms with Crippen LogP contribution in [0.1, 0.15) is 16.7 Å². The molecule has 0 aliphatic carbocycles. The lowest BCUT2D eigenvalue weighted by molar-refractivity contribution is 0.589. The Kier molecular flexibility index (Phi) is 3.93. The SMILES string of the molecule is Cc1ccc(C)c(S(=O)(=O)N2CCNCc3ccccc32)c1. The molecule has 116 valence electrons. The van der Waals surface area contributed by atoms with Crippen molar-refractivity contribution in [2.75, 3.05) is 17.4 Å². The highest BCUT2D eigenvalue weighted by Crippen LogP contribution is 2.29. The summed E-state index contributed by atoms with van der Waals surface area (Å²) in [5, 5.41) is 3.28. The van der Waals surface area contributed by atoms with E-state index in [-0.39, 0.29) is 0 Å². The minimum atomic E-state index is -3.56.